The summed E-state index contributed by atoms with van der Waals surface area (Å²) in [5, 5.41) is 0. The highest BCUT2D eigenvalue weighted by Gasteiger charge is 2.35. The Balaban J connectivity index is 1.84. The lowest BCUT2D eigenvalue weighted by Gasteiger charge is -2.23. The summed E-state index contributed by atoms with van der Waals surface area (Å²) in [6, 6.07) is 0.898. The fraction of sp³-hybridized carbons (Fsp3) is 0.769. The van der Waals surface area contributed by atoms with Crippen molar-refractivity contribution in [3.63, 3.8) is 0 Å². The molecule has 110 valence electrons. The average Bonchev–Trinajstić information content (AvgIpc) is 3.26. The van der Waals surface area contributed by atoms with Crippen molar-refractivity contribution in [2.75, 3.05) is 16.9 Å². The number of aromatic nitrogens is 3. The van der Waals surface area contributed by atoms with Crippen molar-refractivity contribution in [3.8, 4) is 6.01 Å². The molecule has 0 amide bonds. The van der Waals surface area contributed by atoms with Crippen LogP contribution in [0.5, 0.6) is 6.01 Å². The van der Waals surface area contributed by atoms with Gasteiger partial charge in [-0.25, -0.2) is 5.84 Å². The van der Waals surface area contributed by atoms with Crippen molar-refractivity contribution in [1.29, 1.82) is 0 Å². The van der Waals surface area contributed by atoms with E-state index in [-0.39, 0.29) is 6.10 Å². The van der Waals surface area contributed by atoms with Crippen molar-refractivity contribution in [2.45, 2.75) is 51.7 Å². The molecule has 3 N–H and O–H groups in total. The van der Waals surface area contributed by atoms with Crippen LogP contribution in [0.2, 0.25) is 0 Å². The van der Waals surface area contributed by atoms with E-state index in [1.807, 2.05) is 13.8 Å². The number of ether oxygens (including phenoxy) is 1. The third-order valence-corrected chi connectivity index (χ3v) is 3.47. The highest BCUT2D eigenvalue weighted by molar-refractivity contribution is 5.40. The molecule has 7 nitrogen and oxygen atoms in total. The van der Waals surface area contributed by atoms with Crippen molar-refractivity contribution >= 4 is 11.9 Å². The first-order valence-corrected chi connectivity index (χ1v) is 7.31. The van der Waals surface area contributed by atoms with Crippen LogP contribution in [-0.4, -0.2) is 33.6 Å². The monoisotopic (exact) mass is 278 g/mol. The van der Waals surface area contributed by atoms with Crippen LogP contribution in [0.15, 0.2) is 0 Å². The topological polar surface area (TPSA) is 89.2 Å². The SMILES string of the molecule is CC(C)Oc1nc(NN)nc(N(CC2CC2)C2CC2)n1. The number of rotatable bonds is 7. The predicted molar refractivity (Wildman–Crippen MR) is 76.5 cm³/mol. The molecule has 0 saturated heterocycles. The second kappa shape index (κ2) is 5.40. The Morgan fingerprint density at radius 2 is 2.00 bits per heavy atom. The number of hydrogen-bond acceptors (Lipinski definition) is 7. The van der Waals surface area contributed by atoms with Gasteiger partial charge in [0.05, 0.1) is 6.10 Å². The first kappa shape index (κ1) is 13.4. The Labute approximate surface area is 118 Å². The average molecular weight is 278 g/mol. The fourth-order valence-electron chi connectivity index (χ4n) is 2.16. The maximum atomic E-state index is 5.58. The summed E-state index contributed by atoms with van der Waals surface area (Å²) in [5.74, 6) is 7.27. The van der Waals surface area contributed by atoms with E-state index in [0.717, 1.165) is 12.5 Å². The maximum Gasteiger partial charge on any atom is 0.323 e. The number of hydrogen-bond donors (Lipinski definition) is 2. The van der Waals surface area contributed by atoms with E-state index in [1.165, 1.54) is 25.7 Å². The number of nitrogen functional groups attached to an aromatic ring is 1. The van der Waals surface area contributed by atoms with E-state index in [9.17, 15) is 0 Å². The van der Waals surface area contributed by atoms with Crippen LogP contribution in [0.25, 0.3) is 0 Å². The summed E-state index contributed by atoms with van der Waals surface area (Å²) in [6.07, 6.45) is 5.07. The molecule has 0 atom stereocenters. The summed E-state index contributed by atoms with van der Waals surface area (Å²) in [4.78, 5) is 15.3. The van der Waals surface area contributed by atoms with Gasteiger partial charge in [-0.15, -0.1) is 0 Å². The fourth-order valence-corrected chi connectivity index (χ4v) is 2.16. The number of nitrogens with zero attached hydrogens (tertiary/aromatic N) is 4. The summed E-state index contributed by atoms with van der Waals surface area (Å²) in [7, 11) is 0. The minimum atomic E-state index is 0.0219. The van der Waals surface area contributed by atoms with Crippen LogP contribution < -0.4 is 20.9 Å². The number of nitrogens with two attached hydrogens (primary N) is 1. The van der Waals surface area contributed by atoms with E-state index >= 15 is 0 Å². The zero-order valence-corrected chi connectivity index (χ0v) is 12.0. The lowest BCUT2D eigenvalue weighted by Crippen LogP contribution is -2.30. The van der Waals surface area contributed by atoms with Crippen LogP contribution in [0.3, 0.4) is 0 Å². The second-order valence-electron chi connectivity index (χ2n) is 5.88. The van der Waals surface area contributed by atoms with Crippen molar-refractivity contribution in [1.82, 2.24) is 15.0 Å². The third-order valence-electron chi connectivity index (χ3n) is 3.47. The van der Waals surface area contributed by atoms with E-state index < -0.39 is 0 Å². The predicted octanol–water partition coefficient (Wildman–Crippen LogP) is 1.32. The molecule has 0 aliphatic heterocycles. The normalized spacial score (nSPS) is 18.2. The first-order chi connectivity index (χ1) is 9.65. The molecule has 0 spiro atoms. The van der Waals surface area contributed by atoms with Gasteiger partial charge in [0.15, 0.2) is 0 Å². The zero-order valence-electron chi connectivity index (χ0n) is 12.0. The molecule has 0 unspecified atom stereocenters. The van der Waals surface area contributed by atoms with E-state index in [0.29, 0.717) is 23.9 Å². The third kappa shape index (κ3) is 3.27. The molecule has 2 aliphatic rings. The van der Waals surface area contributed by atoms with Gasteiger partial charge in [0.25, 0.3) is 0 Å². The summed E-state index contributed by atoms with van der Waals surface area (Å²) < 4.78 is 5.58. The molecule has 1 aromatic rings. The van der Waals surface area contributed by atoms with Gasteiger partial charge in [-0.05, 0) is 45.4 Å². The largest absolute Gasteiger partial charge is 0.461 e. The molecule has 2 saturated carbocycles. The molecule has 1 heterocycles. The summed E-state index contributed by atoms with van der Waals surface area (Å²) in [6.45, 7) is 4.92. The molecule has 3 rings (SSSR count). The van der Waals surface area contributed by atoms with Crippen LogP contribution in [-0.2, 0) is 0 Å². The van der Waals surface area contributed by atoms with Crippen molar-refractivity contribution in [3.05, 3.63) is 0 Å². The Morgan fingerprint density at radius 1 is 1.25 bits per heavy atom. The lowest BCUT2D eigenvalue weighted by atomic mass is 10.3. The minimum absolute atomic E-state index is 0.0219. The smallest absolute Gasteiger partial charge is 0.323 e. The van der Waals surface area contributed by atoms with E-state index in [1.54, 1.807) is 0 Å². The van der Waals surface area contributed by atoms with Crippen LogP contribution in [0, 0.1) is 5.92 Å². The molecule has 1 aromatic heterocycles. The Hall–Kier alpha value is -1.63. The molecule has 2 aliphatic carbocycles. The van der Waals surface area contributed by atoms with Crippen molar-refractivity contribution < 1.29 is 4.74 Å². The minimum Gasteiger partial charge on any atom is -0.461 e. The maximum absolute atomic E-state index is 5.58. The second-order valence-corrected chi connectivity index (χ2v) is 5.88. The number of nitrogens with one attached hydrogen (secondary N) is 1. The van der Waals surface area contributed by atoms with Crippen LogP contribution in [0.4, 0.5) is 11.9 Å². The standard InChI is InChI=1S/C13H22N6O/c1-8(2)20-13-16-11(18-14)15-12(17-13)19(10-5-6-10)7-9-3-4-9/h8-10H,3-7,14H2,1-2H3,(H,15,16,17,18). The molecule has 20 heavy (non-hydrogen) atoms. The highest BCUT2D eigenvalue weighted by Crippen LogP contribution is 2.36. The molecule has 2 fully saturated rings. The summed E-state index contributed by atoms with van der Waals surface area (Å²) >= 11 is 0. The molecule has 0 bridgehead atoms. The van der Waals surface area contributed by atoms with Crippen LogP contribution >= 0.6 is 0 Å². The quantitative estimate of drug-likeness (QED) is 0.574. The van der Waals surface area contributed by atoms with Crippen molar-refractivity contribution in [2.24, 2.45) is 11.8 Å². The zero-order chi connectivity index (χ0) is 14.1. The van der Waals surface area contributed by atoms with Gasteiger partial charge in [-0.1, -0.05) is 0 Å². The van der Waals surface area contributed by atoms with Gasteiger partial charge in [0.2, 0.25) is 11.9 Å². The first-order valence-electron chi connectivity index (χ1n) is 7.31. The van der Waals surface area contributed by atoms with E-state index in [2.05, 4.69) is 25.3 Å². The Morgan fingerprint density at radius 3 is 2.55 bits per heavy atom. The Bertz CT molecular complexity index is 472. The summed E-state index contributed by atoms with van der Waals surface area (Å²) in [5.41, 5.74) is 2.50. The number of hydrazine groups is 1. The van der Waals surface area contributed by atoms with Crippen LogP contribution in [0.1, 0.15) is 39.5 Å². The number of anilines is 2. The molecular formula is C13H22N6O. The molecule has 7 heteroatoms. The molecule has 0 radical (unpaired) electrons. The van der Waals surface area contributed by atoms with Gasteiger partial charge in [-0.3, -0.25) is 5.43 Å². The lowest BCUT2D eigenvalue weighted by molar-refractivity contribution is 0.222. The molecular weight excluding hydrogens is 256 g/mol. The van der Waals surface area contributed by atoms with Gasteiger partial charge in [-0.2, -0.15) is 15.0 Å². The molecule has 0 aromatic carbocycles. The van der Waals surface area contributed by atoms with E-state index in [4.69, 9.17) is 10.6 Å². The Kier molecular flexibility index (Phi) is 3.60. The van der Waals surface area contributed by atoms with Gasteiger partial charge in [0, 0.05) is 12.6 Å². The van der Waals surface area contributed by atoms with Gasteiger partial charge < -0.3 is 9.64 Å². The van der Waals surface area contributed by atoms with Gasteiger partial charge in [0.1, 0.15) is 0 Å². The van der Waals surface area contributed by atoms with Gasteiger partial charge >= 0.3 is 6.01 Å². The highest BCUT2D eigenvalue weighted by atomic mass is 16.5.